The van der Waals surface area contributed by atoms with Gasteiger partial charge in [0.15, 0.2) is 0 Å². The minimum atomic E-state index is 0.101. The maximum Gasteiger partial charge on any atom is 0.254 e. The van der Waals surface area contributed by atoms with Crippen molar-refractivity contribution in [2.75, 3.05) is 20.3 Å². The molecule has 4 heteroatoms. The van der Waals surface area contributed by atoms with Gasteiger partial charge in [-0.1, -0.05) is 18.9 Å². The van der Waals surface area contributed by atoms with Crippen molar-refractivity contribution in [3.8, 4) is 5.75 Å². The molecule has 1 saturated heterocycles. The summed E-state index contributed by atoms with van der Waals surface area (Å²) in [4.78, 5) is 14.7. The molecule has 4 nitrogen and oxygen atoms in total. The number of methoxy groups -OCH3 is 1. The Morgan fingerprint density at radius 2 is 2.20 bits per heavy atom. The third-order valence-electron chi connectivity index (χ3n) is 4.31. The number of carbonyl (C=O) groups excluding carboxylic acids is 1. The second kappa shape index (κ2) is 5.83. The summed E-state index contributed by atoms with van der Waals surface area (Å²) >= 11 is 0. The molecular weight excluding hydrogens is 254 g/mol. The summed E-state index contributed by atoms with van der Waals surface area (Å²) in [5.74, 6) is 0.827. The zero-order valence-corrected chi connectivity index (χ0v) is 11.9. The largest absolute Gasteiger partial charge is 0.497 e. The number of hydrogen-bond donors (Lipinski definition) is 0. The highest BCUT2D eigenvalue weighted by atomic mass is 16.5. The highest BCUT2D eigenvalue weighted by Crippen LogP contribution is 2.29. The van der Waals surface area contributed by atoms with Crippen molar-refractivity contribution in [1.82, 2.24) is 4.90 Å². The normalized spacial score (nSPS) is 25.9. The van der Waals surface area contributed by atoms with Crippen LogP contribution in [-0.4, -0.2) is 43.2 Å². The molecule has 2 aliphatic rings. The van der Waals surface area contributed by atoms with Gasteiger partial charge >= 0.3 is 0 Å². The third-order valence-corrected chi connectivity index (χ3v) is 4.31. The van der Waals surface area contributed by atoms with Crippen LogP contribution >= 0.6 is 0 Å². The molecule has 0 N–H and O–H groups in total. The lowest BCUT2D eigenvalue weighted by atomic mass is 9.89. The second-order valence-electron chi connectivity index (χ2n) is 5.49. The topological polar surface area (TPSA) is 38.8 Å². The van der Waals surface area contributed by atoms with E-state index in [0.717, 1.165) is 18.6 Å². The van der Waals surface area contributed by atoms with Crippen LogP contribution in [0, 0.1) is 0 Å². The van der Waals surface area contributed by atoms with Crippen LogP contribution in [0.15, 0.2) is 24.3 Å². The molecule has 2 fully saturated rings. The van der Waals surface area contributed by atoms with Crippen molar-refractivity contribution in [2.24, 2.45) is 0 Å². The van der Waals surface area contributed by atoms with Crippen LogP contribution < -0.4 is 4.74 Å². The van der Waals surface area contributed by atoms with Gasteiger partial charge in [-0.15, -0.1) is 0 Å². The van der Waals surface area contributed by atoms with Crippen molar-refractivity contribution >= 4 is 5.91 Å². The molecule has 0 spiro atoms. The summed E-state index contributed by atoms with van der Waals surface area (Å²) < 4.78 is 11.0. The van der Waals surface area contributed by atoms with Gasteiger partial charge in [-0.05, 0) is 31.0 Å². The molecule has 1 aliphatic carbocycles. The number of nitrogens with zero attached hydrogens (tertiary/aromatic N) is 1. The van der Waals surface area contributed by atoms with Gasteiger partial charge < -0.3 is 14.4 Å². The van der Waals surface area contributed by atoms with Gasteiger partial charge in [0.05, 0.1) is 25.9 Å². The number of rotatable bonds is 2. The Morgan fingerprint density at radius 3 is 3.05 bits per heavy atom. The monoisotopic (exact) mass is 275 g/mol. The molecule has 0 unspecified atom stereocenters. The molecule has 1 saturated carbocycles. The van der Waals surface area contributed by atoms with Crippen LogP contribution in [0.1, 0.15) is 36.0 Å². The van der Waals surface area contributed by atoms with E-state index in [2.05, 4.69) is 0 Å². The fraction of sp³-hybridized carbons (Fsp3) is 0.562. The second-order valence-corrected chi connectivity index (χ2v) is 5.49. The van der Waals surface area contributed by atoms with Gasteiger partial charge in [0.25, 0.3) is 5.91 Å². The predicted molar refractivity (Wildman–Crippen MR) is 76.0 cm³/mol. The summed E-state index contributed by atoms with van der Waals surface area (Å²) in [6.45, 7) is 1.34. The highest BCUT2D eigenvalue weighted by Gasteiger charge is 2.36. The molecule has 0 aromatic heterocycles. The van der Waals surface area contributed by atoms with E-state index < -0.39 is 0 Å². The summed E-state index contributed by atoms with van der Waals surface area (Å²) in [5.41, 5.74) is 0.704. The third kappa shape index (κ3) is 2.52. The number of ether oxygens (including phenoxy) is 2. The summed E-state index contributed by atoms with van der Waals surface area (Å²) in [7, 11) is 1.62. The van der Waals surface area contributed by atoms with Crippen molar-refractivity contribution in [3.63, 3.8) is 0 Å². The lowest BCUT2D eigenvalue weighted by molar-refractivity contribution is -0.0752. The summed E-state index contributed by atoms with van der Waals surface area (Å²) in [5, 5.41) is 0. The average Bonchev–Trinajstić information content (AvgIpc) is 2.53. The van der Waals surface area contributed by atoms with E-state index >= 15 is 0 Å². The Kier molecular flexibility index (Phi) is 3.92. The van der Waals surface area contributed by atoms with Gasteiger partial charge in [-0.2, -0.15) is 0 Å². The lowest BCUT2D eigenvalue weighted by Crippen LogP contribution is -2.54. The zero-order chi connectivity index (χ0) is 13.9. The molecule has 1 aromatic carbocycles. The van der Waals surface area contributed by atoms with Gasteiger partial charge in [-0.3, -0.25) is 4.79 Å². The zero-order valence-electron chi connectivity index (χ0n) is 11.9. The van der Waals surface area contributed by atoms with Gasteiger partial charge in [0.1, 0.15) is 5.75 Å². The predicted octanol–water partition coefficient (Wildman–Crippen LogP) is 2.48. The summed E-state index contributed by atoms with van der Waals surface area (Å²) in [6, 6.07) is 7.65. The van der Waals surface area contributed by atoms with Gasteiger partial charge in [0, 0.05) is 12.1 Å². The standard InChI is InChI=1S/C16H21NO3/c1-19-13-6-4-5-12(11-13)16(18)17-9-10-20-15-8-3-2-7-14(15)17/h4-6,11,14-15H,2-3,7-10H2,1H3/t14-,15+/m0/s1. The van der Waals surface area contributed by atoms with Crippen LogP contribution in [0.3, 0.4) is 0 Å². The van der Waals surface area contributed by atoms with Gasteiger partial charge in [-0.25, -0.2) is 0 Å². The molecule has 0 radical (unpaired) electrons. The fourth-order valence-electron chi connectivity index (χ4n) is 3.27. The minimum absolute atomic E-state index is 0.101. The van der Waals surface area contributed by atoms with Gasteiger partial charge in [0.2, 0.25) is 0 Å². The Labute approximate surface area is 119 Å². The van der Waals surface area contributed by atoms with E-state index in [0.29, 0.717) is 18.7 Å². The molecule has 0 bridgehead atoms. The first kappa shape index (κ1) is 13.4. The molecular formula is C16H21NO3. The smallest absolute Gasteiger partial charge is 0.254 e. The number of amides is 1. The number of carbonyl (C=O) groups is 1. The maximum atomic E-state index is 12.7. The summed E-state index contributed by atoms with van der Waals surface area (Å²) in [6.07, 6.45) is 4.76. The Bertz CT molecular complexity index is 486. The SMILES string of the molecule is COc1cccc(C(=O)N2CCO[C@@H]3CCCC[C@@H]32)c1. The lowest BCUT2D eigenvalue weighted by Gasteiger charge is -2.43. The number of hydrogen-bond acceptors (Lipinski definition) is 3. The van der Waals surface area contributed by atoms with Crippen molar-refractivity contribution < 1.29 is 14.3 Å². The van der Waals surface area contributed by atoms with E-state index in [9.17, 15) is 4.79 Å². The van der Waals surface area contributed by atoms with E-state index in [-0.39, 0.29) is 18.1 Å². The molecule has 2 atom stereocenters. The first-order valence-electron chi connectivity index (χ1n) is 7.36. The molecule has 108 valence electrons. The Morgan fingerprint density at radius 1 is 1.35 bits per heavy atom. The molecule has 3 rings (SSSR count). The molecule has 1 heterocycles. The molecule has 1 aliphatic heterocycles. The number of morpholine rings is 1. The highest BCUT2D eigenvalue weighted by molar-refractivity contribution is 5.95. The first-order valence-corrected chi connectivity index (χ1v) is 7.36. The van der Waals surface area contributed by atoms with Crippen LogP contribution in [0.5, 0.6) is 5.75 Å². The molecule has 1 amide bonds. The van der Waals surface area contributed by atoms with Crippen molar-refractivity contribution in [2.45, 2.75) is 37.8 Å². The van der Waals surface area contributed by atoms with E-state index in [4.69, 9.17) is 9.47 Å². The van der Waals surface area contributed by atoms with E-state index in [1.165, 1.54) is 12.8 Å². The minimum Gasteiger partial charge on any atom is -0.497 e. The number of fused-ring (bicyclic) bond motifs is 1. The van der Waals surface area contributed by atoms with Crippen LogP contribution in [-0.2, 0) is 4.74 Å². The average molecular weight is 275 g/mol. The maximum absolute atomic E-state index is 12.7. The first-order chi connectivity index (χ1) is 9.79. The fourth-order valence-corrected chi connectivity index (χ4v) is 3.27. The quantitative estimate of drug-likeness (QED) is 0.832. The Balaban J connectivity index is 1.81. The van der Waals surface area contributed by atoms with Crippen molar-refractivity contribution in [1.29, 1.82) is 0 Å². The van der Waals surface area contributed by atoms with E-state index in [1.54, 1.807) is 7.11 Å². The number of benzene rings is 1. The van der Waals surface area contributed by atoms with Crippen LogP contribution in [0.2, 0.25) is 0 Å². The molecule has 20 heavy (non-hydrogen) atoms. The molecule has 1 aromatic rings. The van der Waals surface area contributed by atoms with Crippen LogP contribution in [0.25, 0.3) is 0 Å². The van der Waals surface area contributed by atoms with E-state index in [1.807, 2.05) is 29.2 Å². The Hall–Kier alpha value is -1.55. The van der Waals surface area contributed by atoms with Crippen molar-refractivity contribution in [3.05, 3.63) is 29.8 Å². The van der Waals surface area contributed by atoms with Crippen LogP contribution in [0.4, 0.5) is 0 Å².